The summed E-state index contributed by atoms with van der Waals surface area (Å²) in [7, 11) is 1.47. The number of nitrogens with zero attached hydrogens (tertiary/aromatic N) is 3. The third-order valence-electron chi connectivity index (χ3n) is 4.51. The lowest BCUT2D eigenvalue weighted by atomic mass is 10.2. The predicted molar refractivity (Wildman–Crippen MR) is 131 cm³/mol. The van der Waals surface area contributed by atoms with Crippen LogP contribution in [0.1, 0.15) is 21.5 Å². The van der Waals surface area contributed by atoms with Gasteiger partial charge in [-0.25, -0.2) is 5.43 Å². The van der Waals surface area contributed by atoms with Gasteiger partial charge in [-0.05, 0) is 64.0 Å². The van der Waals surface area contributed by atoms with Crippen molar-refractivity contribution in [1.29, 1.82) is 0 Å². The number of hydrazone groups is 1. The van der Waals surface area contributed by atoms with E-state index in [0.29, 0.717) is 20.6 Å². The third kappa shape index (κ3) is 6.04. The van der Waals surface area contributed by atoms with Crippen molar-refractivity contribution in [2.24, 2.45) is 5.10 Å². The van der Waals surface area contributed by atoms with E-state index in [-0.39, 0.29) is 23.5 Å². The highest BCUT2D eigenvalue weighted by Gasteiger charge is 2.18. The number of benzene rings is 3. The van der Waals surface area contributed by atoms with E-state index >= 15 is 0 Å². The van der Waals surface area contributed by atoms with Crippen molar-refractivity contribution in [2.45, 2.75) is 6.61 Å². The van der Waals surface area contributed by atoms with Crippen molar-refractivity contribution in [3.8, 4) is 11.5 Å². The molecule has 0 fully saturated rings. The molecule has 0 saturated heterocycles. The quantitative estimate of drug-likeness (QED) is 0.171. The molecule has 0 spiro atoms. The molecule has 1 N–H and O–H groups in total. The zero-order chi connectivity index (χ0) is 24.7. The molecular weight excluding hydrogens is 559 g/mol. The number of nitro benzene ring substituents is 2. The van der Waals surface area contributed by atoms with Gasteiger partial charge in [0.2, 0.25) is 0 Å². The van der Waals surface area contributed by atoms with Crippen molar-refractivity contribution >= 4 is 46.1 Å². The molecule has 0 aromatic heterocycles. The molecule has 0 radical (unpaired) electrons. The van der Waals surface area contributed by atoms with Crippen molar-refractivity contribution in [3.63, 3.8) is 0 Å². The second-order valence-corrected chi connectivity index (χ2v) is 7.88. The van der Waals surface area contributed by atoms with Gasteiger partial charge < -0.3 is 9.47 Å². The fourth-order valence-corrected chi connectivity index (χ4v) is 3.66. The SMILES string of the molecule is COc1cc(/C=N\NC(=O)c2ccccc2[N+](=O)[O-])cc(I)c1OCc1ccc([N+](=O)[O-])cc1. The summed E-state index contributed by atoms with van der Waals surface area (Å²) in [5.74, 6) is 0.177. The Morgan fingerprint density at radius 1 is 1.09 bits per heavy atom. The van der Waals surface area contributed by atoms with Crippen molar-refractivity contribution in [3.05, 3.63) is 101 Å². The number of nitro groups is 2. The van der Waals surface area contributed by atoms with Crippen molar-refractivity contribution < 1.29 is 24.1 Å². The highest BCUT2D eigenvalue weighted by molar-refractivity contribution is 14.1. The molecule has 0 aliphatic rings. The summed E-state index contributed by atoms with van der Waals surface area (Å²) in [5.41, 5.74) is 3.18. The number of ether oxygens (including phenoxy) is 2. The molecule has 3 rings (SSSR count). The van der Waals surface area contributed by atoms with Crippen molar-refractivity contribution in [2.75, 3.05) is 7.11 Å². The molecule has 0 aliphatic heterocycles. The summed E-state index contributed by atoms with van der Waals surface area (Å²) in [6.45, 7) is 0.170. The van der Waals surface area contributed by atoms with Crippen LogP contribution in [0.5, 0.6) is 11.5 Å². The highest BCUT2D eigenvalue weighted by atomic mass is 127. The Kier molecular flexibility index (Phi) is 8.08. The predicted octanol–water partition coefficient (Wildman–Crippen LogP) is 4.46. The summed E-state index contributed by atoms with van der Waals surface area (Å²) < 4.78 is 12.0. The second-order valence-electron chi connectivity index (χ2n) is 6.72. The van der Waals surface area contributed by atoms with Crippen LogP contribution in [0.15, 0.2) is 65.8 Å². The van der Waals surface area contributed by atoms with Crippen molar-refractivity contribution in [1.82, 2.24) is 5.43 Å². The van der Waals surface area contributed by atoms with Gasteiger partial charge in [0.1, 0.15) is 12.2 Å². The molecule has 3 aromatic rings. The first kappa shape index (κ1) is 24.6. The van der Waals surface area contributed by atoms with Gasteiger partial charge in [-0.15, -0.1) is 0 Å². The minimum atomic E-state index is -0.715. The van der Waals surface area contributed by atoms with Gasteiger partial charge in [0.05, 0.1) is 26.7 Å². The average Bonchev–Trinajstić information content (AvgIpc) is 2.83. The van der Waals surface area contributed by atoms with Crippen LogP contribution in [0.4, 0.5) is 11.4 Å². The molecule has 0 unspecified atom stereocenters. The van der Waals surface area contributed by atoms with E-state index in [1.54, 1.807) is 24.3 Å². The number of carbonyl (C=O) groups is 1. The number of carbonyl (C=O) groups excluding carboxylic acids is 1. The smallest absolute Gasteiger partial charge is 0.282 e. The van der Waals surface area contributed by atoms with E-state index in [1.165, 1.54) is 49.7 Å². The molecule has 174 valence electrons. The van der Waals surface area contributed by atoms with E-state index in [9.17, 15) is 25.0 Å². The molecule has 3 aromatic carbocycles. The molecule has 0 atom stereocenters. The van der Waals surface area contributed by atoms with Crippen LogP contribution < -0.4 is 14.9 Å². The number of hydrogen-bond donors (Lipinski definition) is 1. The van der Waals surface area contributed by atoms with E-state index in [0.717, 1.165) is 5.56 Å². The van der Waals surface area contributed by atoms with E-state index in [2.05, 4.69) is 33.1 Å². The fourth-order valence-electron chi connectivity index (χ4n) is 2.87. The topological polar surface area (TPSA) is 146 Å². The number of para-hydroxylation sites is 1. The lowest BCUT2D eigenvalue weighted by Crippen LogP contribution is -2.19. The summed E-state index contributed by atoms with van der Waals surface area (Å²) in [5, 5.41) is 25.7. The van der Waals surface area contributed by atoms with Crippen LogP contribution >= 0.6 is 22.6 Å². The summed E-state index contributed by atoms with van der Waals surface area (Å²) >= 11 is 2.06. The number of rotatable bonds is 9. The number of amides is 1. The molecule has 0 heterocycles. The van der Waals surface area contributed by atoms with Gasteiger partial charge in [-0.2, -0.15) is 5.10 Å². The van der Waals surface area contributed by atoms with Crippen LogP contribution in [0, 0.1) is 23.8 Å². The Morgan fingerprint density at radius 3 is 2.44 bits per heavy atom. The van der Waals surface area contributed by atoms with E-state index in [4.69, 9.17) is 9.47 Å². The monoisotopic (exact) mass is 576 g/mol. The molecule has 12 heteroatoms. The first-order valence-corrected chi connectivity index (χ1v) is 10.7. The average molecular weight is 576 g/mol. The molecule has 34 heavy (non-hydrogen) atoms. The number of non-ortho nitro benzene ring substituents is 1. The lowest BCUT2D eigenvalue weighted by Gasteiger charge is -2.13. The second kappa shape index (κ2) is 11.2. The van der Waals surface area contributed by atoms with Crippen LogP contribution in [-0.4, -0.2) is 29.1 Å². The maximum Gasteiger partial charge on any atom is 0.282 e. The molecular formula is C22H17IN4O7. The van der Waals surface area contributed by atoms with Crippen LogP contribution in [0.3, 0.4) is 0 Å². The van der Waals surface area contributed by atoms with Gasteiger partial charge in [-0.1, -0.05) is 12.1 Å². The Morgan fingerprint density at radius 2 is 1.79 bits per heavy atom. The molecule has 0 aliphatic carbocycles. The van der Waals surface area contributed by atoms with E-state index in [1.807, 2.05) is 0 Å². The van der Waals surface area contributed by atoms with Crippen LogP contribution in [-0.2, 0) is 6.61 Å². The zero-order valence-electron chi connectivity index (χ0n) is 17.6. The maximum atomic E-state index is 12.3. The maximum absolute atomic E-state index is 12.3. The van der Waals surface area contributed by atoms with Gasteiger partial charge in [0, 0.05) is 18.2 Å². The lowest BCUT2D eigenvalue weighted by molar-refractivity contribution is -0.385. The normalized spacial score (nSPS) is 10.6. The molecule has 0 saturated carbocycles. The Hall–Kier alpha value is -4.07. The van der Waals surface area contributed by atoms with Crippen LogP contribution in [0.25, 0.3) is 0 Å². The summed E-state index contributed by atoms with van der Waals surface area (Å²) in [6.07, 6.45) is 1.37. The first-order valence-electron chi connectivity index (χ1n) is 9.60. The number of hydrogen-bond acceptors (Lipinski definition) is 8. The van der Waals surface area contributed by atoms with Gasteiger partial charge >= 0.3 is 0 Å². The summed E-state index contributed by atoms with van der Waals surface area (Å²) in [4.78, 5) is 33.0. The number of halogens is 1. The first-order chi connectivity index (χ1) is 16.3. The summed E-state index contributed by atoms with van der Waals surface area (Å²) in [6, 6.07) is 15.0. The van der Waals surface area contributed by atoms with Gasteiger partial charge in [0.15, 0.2) is 11.5 Å². The fraction of sp³-hybridized carbons (Fsp3) is 0.0909. The van der Waals surface area contributed by atoms with E-state index < -0.39 is 15.8 Å². The minimum Gasteiger partial charge on any atom is -0.493 e. The standard InChI is InChI=1S/C22H17IN4O7/c1-33-20-11-15(12-24-25-22(28)17-4-2-3-5-19(17)27(31)32)10-18(23)21(20)34-13-14-6-8-16(9-7-14)26(29)30/h2-12H,13H2,1H3,(H,25,28)/b24-12-. The third-order valence-corrected chi connectivity index (χ3v) is 5.31. The van der Waals surface area contributed by atoms with Gasteiger partial charge in [0.25, 0.3) is 17.3 Å². The molecule has 11 nitrogen and oxygen atoms in total. The number of methoxy groups -OCH3 is 1. The molecule has 1 amide bonds. The number of nitrogens with one attached hydrogen (secondary N) is 1. The van der Waals surface area contributed by atoms with Crippen LogP contribution in [0.2, 0.25) is 0 Å². The minimum absolute atomic E-state index is 0.00601. The largest absolute Gasteiger partial charge is 0.493 e. The highest BCUT2D eigenvalue weighted by Crippen LogP contribution is 2.34. The van der Waals surface area contributed by atoms with Gasteiger partial charge in [-0.3, -0.25) is 25.0 Å². The Labute approximate surface area is 206 Å². The zero-order valence-corrected chi connectivity index (χ0v) is 19.8. The Bertz CT molecular complexity index is 1260. The molecule has 0 bridgehead atoms. The Balaban J connectivity index is 1.70.